The number of benzene rings is 2. The molecule has 112 valence electrons. The summed E-state index contributed by atoms with van der Waals surface area (Å²) in [4.78, 5) is 0. The first-order valence-electron chi connectivity index (χ1n) is 6.59. The summed E-state index contributed by atoms with van der Waals surface area (Å²) in [6.45, 7) is 1.20. The second-order valence-electron chi connectivity index (χ2n) is 4.91. The van der Waals surface area contributed by atoms with Gasteiger partial charge in [-0.1, -0.05) is 35.9 Å². The summed E-state index contributed by atoms with van der Waals surface area (Å²) in [6.07, 6.45) is 0. The van der Waals surface area contributed by atoms with Gasteiger partial charge in [-0.05, 0) is 42.7 Å². The molecule has 0 saturated carbocycles. The van der Waals surface area contributed by atoms with E-state index in [-0.39, 0.29) is 11.8 Å². The Morgan fingerprint density at radius 2 is 1.71 bits per heavy atom. The Labute approximate surface area is 122 Å². The van der Waals surface area contributed by atoms with Crippen molar-refractivity contribution in [3.63, 3.8) is 0 Å². The van der Waals surface area contributed by atoms with E-state index in [4.69, 9.17) is 5.84 Å². The molecule has 0 spiro atoms. The van der Waals surface area contributed by atoms with Crippen LogP contribution in [0.1, 0.15) is 28.3 Å². The summed E-state index contributed by atoms with van der Waals surface area (Å²) in [5.41, 5.74) is 6.95. The molecule has 0 aromatic heterocycles. The van der Waals surface area contributed by atoms with Crippen molar-refractivity contribution in [2.24, 2.45) is 5.84 Å². The molecule has 0 heterocycles. The fraction of sp³-hybridized carbons (Fsp3) is 0.250. The molecule has 2 rings (SSSR count). The highest BCUT2D eigenvalue weighted by Crippen LogP contribution is 2.27. The van der Waals surface area contributed by atoms with Crippen LogP contribution in [0.3, 0.4) is 0 Å². The monoisotopic (exact) mass is 292 g/mol. The Hall–Kier alpha value is -1.98. The molecule has 0 aliphatic rings. The van der Waals surface area contributed by atoms with Crippen molar-refractivity contribution in [2.75, 3.05) is 0 Å². The van der Waals surface area contributed by atoms with Gasteiger partial charge in [-0.2, -0.15) is 8.78 Å². The lowest BCUT2D eigenvalue weighted by molar-refractivity contribution is -0.0498. The standard InChI is InChI=1S/C16H18F2N2O/c1-10-3-4-11(2)14(9-10)15(20-19)12-5-7-13(8-6-12)21-16(17)18/h3-9,15-16,20H,19H2,1-2H3. The van der Waals surface area contributed by atoms with Crippen molar-refractivity contribution < 1.29 is 13.5 Å². The highest BCUT2D eigenvalue weighted by molar-refractivity contribution is 5.40. The highest BCUT2D eigenvalue weighted by Gasteiger charge is 2.15. The van der Waals surface area contributed by atoms with Crippen LogP contribution in [-0.2, 0) is 0 Å². The molecule has 21 heavy (non-hydrogen) atoms. The van der Waals surface area contributed by atoms with Crippen LogP contribution in [0, 0.1) is 13.8 Å². The van der Waals surface area contributed by atoms with Gasteiger partial charge in [-0.25, -0.2) is 5.43 Å². The van der Waals surface area contributed by atoms with Gasteiger partial charge >= 0.3 is 6.61 Å². The maximum absolute atomic E-state index is 12.2. The number of alkyl halides is 2. The van der Waals surface area contributed by atoms with Crippen LogP contribution < -0.4 is 16.0 Å². The minimum Gasteiger partial charge on any atom is -0.435 e. The van der Waals surface area contributed by atoms with Gasteiger partial charge in [0.1, 0.15) is 5.75 Å². The maximum atomic E-state index is 12.2. The van der Waals surface area contributed by atoms with Gasteiger partial charge in [-0.15, -0.1) is 0 Å². The van der Waals surface area contributed by atoms with E-state index in [1.54, 1.807) is 12.1 Å². The van der Waals surface area contributed by atoms with Crippen molar-refractivity contribution in [3.05, 3.63) is 64.7 Å². The summed E-state index contributed by atoms with van der Waals surface area (Å²) in [6, 6.07) is 12.4. The smallest absolute Gasteiger partial charge is 0.387 e. The van der Waals surface area contributed by atoms with E-state index in [1.807, 2.05) is 26.0 Å². The third kappa shape index (κ3) is 3.77. The normalized spacial score (nSPS) is 12.5. The van der Waals surface area contributed by atoms with E-state index < -0.39 is 6.61 Å². The van der Waals surface area contributed by atoms with Gasteiger partial charge in [-0.3, -0.25) is 5.84 Å². The molecule has 0 saturated heterocycles. The molecule has 5 heteroatoms. The molecule has 0 amide bonds. The summed E-state index contributed by atoms with van der Waals surface area (Å²) in [7, 11) is 0. The van der Waals surface area contributed by atoms with Crippen molar-refractivity contribution in [1.82, 2.24) is 5.43 Å². The summed E-state index contributed by atoms with van der Waals surface area (Å²) >= 11 is 0. The van der Waals surface area contributed by atoms with Gasteiger partial charge in [0.05, 0.1) is 6.04 Å². The van der Waals surface area contributed by atoms with Crippen LogP contribution in [0.4, 0.5) is 8.78 Å². The molecule has 3 N–H and O–H groups in total. The van der Waals surface area contributed by atoms with Gasteiger partial charge in [0.15, 0.2) is 0 Å². The molecule has 1 atom stereocenters. The van der Waals surface area contributed by atoms with E-state index in [9.17, 15) is 8.78 Å². The van der Waals surface area contributed by atoms with Crippen LogP contribution in [-0.4, -0.2) is 6.61 Å². The molecule has 3 nitrogen and oxygen atoms in total. The van der Waals surface area contributed by atoms with E-state index in [0.717, 1.165) is 22.3 Å². The Morgan fingerprint density at radius 1 is 1.05 bits per heavy atom. The van der Waals surface area contributed by atoms with E-state index in [2.05, 4.69) is 16.2 Å². The Balaban J connectivity index is 2.31. The SMILES string of the molecule is Cc1ccc(C)c(C(NN)c2ccc(OC(F)F)cc2)c1. The number of halogens is 2. The Bertz CT molecular complexity index is 600. The molecule has 2 aromatic rings. The van der Waals surface area contributed by atoms with Gasteiger partial charge < -0.3 is 4.74 Å². The third-order valence-corrected chi connectivity index (χ3v) is 3.35. The predicted molar refractivity (Wildman–Crippen MR) is 78.2 cm³/mol. The van der Waals surface area contributed by atoms with Crippen LogP contribution in [0.25, 0.3) is 0 Å². The summed E-state index contributed by atoms with van der Waals surface area (Å²) < 4.78 is 28.7. The lowest BCUT2D eigenvalue weighted by Gasteiger charge is -2.20. The Kier molecular flexibility index (Phi) is 4.88. The molecule has 0 fully saturated rings. The fourth-order valence-corrected chi connectivity index (χ4v) is 2.28. The van der Waals surface area contributed by atoms with Crippen molar-refractivity contribution in [3.8, 4) is 5.75 Å². The van der Waals surface area contributed by atoms with Crippen molar-refractivity contribution in [2.45, 2.75) is 26.5 Å². The first kappa shape index (κ1) is 15.4. The topological polar surface area (TPSA) is 47.3 Å². The van der Waals surface area contributed by atoms with Crippen LogP contribution >= 0.6 is 0 Å². The number of hydrogen-bond acceptors (Lipinski definition) is 3. The van der Waals surface area contributed by atoms with Crippen LogP contribution in [0.2, 0.25) is 0 Å². The number of aryl methyl sites for hydroxylation is 2. The summed E-state index contributed by atoms with van der Waals surface area (Å²) in [5, 5.41) is 0. The zero-order chi connectivity index (χ0) is 15.4. The van der Waals surface area contributed by atoms with Gasteiger partial charge in [0, 0.05) is 0 Å². The lowest BCUT2D eigenvalue weighted by atomic mass is 9.94. The summed E-state index contributed by atoms with van der Waals surface area (Å²) in [5.74, 6) is 5.80. The minimum absolute atomic E-state index is 0.130. The van der Waals surface area contributed by atoms with Crippen LogP contribution in [0.15, 0.2) is 42.5 Å². The molecule has 2 aromatic carbocycles. The first-order chi connectivity index (χ1) is 10.0. The molecule has 0 aliphatic carbocycles. The fourth-order valence-electron chi connectivity index (χ4n) is 2.28. The number of nitrogens with one attached hydrogen (secondary N) is 1. The van der Waals surface area contributed by atoms with E-state index >= 15 is 0 Å². The number of hydrogen-bond donors (Lipinski definition) is 2. The van der Waals surface area contributed by atoms with E-state index in [1.165, 1.54) is 12.1 Å². The largest absolute Gasteiger partial charge is 0.435 e. The third-order valence-electron chi connectivity index (χ3n) is 3.35. The van der Waals surface area contributed by atoms with Gasteiger partial charge in [0.2, 0.25) is 0 Å². The molecular weight excluding hydrogens is 274 g/mol. The number of ether oxygens (including phenoxy) is 1. The quantitative estimate of drug-likeness (QED) is 0.655. The second kappa shape index (κ2) is 6.65. The van der Waals surface area contributed by atoms with Crippen molar-refractivity contribution >= 4 is 0 Å². The second-order valence-corrected chi connectivity index (χ2v) is 4.91. The minimum atomic E-state index is -2.82. The number of rotatable bonds is 5. The maximum Gasteiger partial charge on any atom is 0.387 e. The molecule has 1 unspecified atom stereocenters. The zero-order valence-corrected chi connectivity index (χ0v) is 11.9. The molecule has 0 bridgehead atoms. The molecular formula is C16H18F2N2O. The zero-order valence-electron chi connectivity index (χ0n) is 11.9. The molecule has 0 aliphatic heterocycles. The van der Waals surface area contributed by atoms with E-state index in [0.29, 0.717) is 0 Å². The molecule has 0 radical (unpaired) electrons. The predicted octanol–water partition coefficient (Wildman–Crippen LogP) is 3.46. The average Bonchev–Trinajstić information content (AvgIpc) is 2.44. The number of nitrogens with two attached hydrogens (primary N) is 1. The average molecular weight is 292 g/mol. The first-order valence-corrected chi connectivity index (χ1v) is 6.59. The van der Waals surface area contributed by atoms with Gasteiger partial charge in [0.25, 0.3) is 0 Å². The van der Waals surface area contributed by atoms with Crippen LogP contribution in [0.5, 0.6) is 5.75 Å². The number of hydrazine groups is 1. The lowest BCUT2D eigenvalue weighted by Crippen LogP contribution is -2.29. The van der Waals surface area contributed by atoms with Crippen molar-refractivity contribution in [1.29, 1.82) is 0 Å². The Morgan fingerprint density at radius 3 is 2.29 bits per heavy atom. The highest BCUT2D eigenvalue weighted by atomic mass is 19.3.